The average molecular weight is 443 g/mol. The molecule has 4 nitrogen and oxygen atoms in total. The van der Waals surface area contributed by atoms with Crippen molar-refractivity contribution in [3.63, 3.8) is 0 Å². The molecule has 0 bridgehead atoms. The zero-order valence-corrected chi connectivity index (χ0v) is 22.5. The Morgan fingerprint density at radius 1 is 0.621 bits per heavy atom. The van der Waals surface area contributed by atoms with Crippen LogP contribution in [0.5, 0.6) is 0 Å². The third kappa shape index (κ3) is 21.9. The van der Waals surface area contributed by atoms with E-state index in [1.54, 1.807) is 0 Å². The van der Waals surface area contributed by atoms with Crippen LogP contribution in [0.4, 0.5) is 0 Å². The largest absolute Gasteiger partial charge is 1.00 e. The molecule has 0 rings (SSSR count). The average Bonchev–Trinajstić information content (AvgIpc) is 2.64. The van der Waals surface area contributed by atoms with Crippen LogP contribution in [0.15, 0.2) is 0 Å². The van der Waals surface area contributed by atoms with Crippen LogP contribution < -0.4 is 29.6 Å². The van der Waals surface area contributed by atoms with Gasteiger partial charge in [0.1, 0.15) is 0 Å². The molecule has 0 aromatic rings. The van der Waals surface area contributed by atoms with Gasteiger partial charge in [0.15, 0.2) is 0 Å². The first-order valence-electron chi connectivity index (χ1n) is 12.0. The molecular weight excluding hydrogens is 395 g/mol. The maximum atomic E-state index is 11.4. The van der Waals surface area contributed by atoms with Crippen LogP contribution in [0.25, 0.3) is 0 Å². The third-order valence-corrected chi connectivity index (χ3v) is 7.03. The van der Waals surface area contributed by atoms with E-state index >= 15 is 0 Å². The van der Waals surface area contributed by atoms with Gasteiger partial charge in [-0.25, -0.2) is 8.42 Å². The summed E-state index contributed by atoms with van der Waals surface area (Å²) in [6.45, 7) is 4.30. The van der Waals surface area contributed by atoms with Crippen molar-refractivity contribution >= 4 is 10.1 Å². The molecule has 6 heteroatoms. The molecule has 0 aliphatic carbocycles. The van der Waals surface area contributed by atoms with E-state index in [-0.39, 0.29) is 35.7 Å². The molecule has 2 unspecified atom stereocenters. The molecule has 0 fully saturated rings. The zero-order valence-electron chi connectivity index (χ0n) is 19.7. The summed E-state index contributed by atoms with van der Waals surface area (Å²) in [5, 5.41) is 9.32. The van der Waals surface area contributed by atoms with E-state index < -0.39 is 15.4 Å². The van der Waals surface area contributed by atoms with Crippen molar-refractivity contribution in [3.8, 4) is 0 Å². The van der Waals surface area contributed by atoms with Crippen molar-refractivity contribution in [1.29, 1.82) is 0 Å². The summed E-state index contributed by atoms with van der Waals surface area (Å²) in [5.74, 6) is 0. The van der Waals surface area contributed by atoms with Gasteiger partial charge in [-0.15, -0.1) is 0 Å². The van der Waals surface area contributed by atoms with Crippen LogP contribution in [0.3, 0.4) is 0 Å². The van der Waals surface area contributed by atoms with Crippen molar-refractivity contribution in [2.45, 2.75) is 147 Å². The number of hydrogen-bond donors (Lipinski definition) is 1. The fourth-order valence-electron chi connectivity index (χ4n) is 3.82. The van der Waals surface area contributed by atoms with Gasteiger partial charge in [-0.05, 0) is 25.7 Å². The molecule has 29 heavy (non-hydrogen) atoms. The Kier molecular flexibility index (Phi) is 24.4. The Morgan fingerprint density at radius 2 is 0.931 bits per heavy atom. The maximum Gasteiger partial charge on any atom is 1.00 e. The molecule has 0 heterocycles. The molecule has 1 N–H and O–H groups in total. The Balaban J connectivity index is 0. The van der Waals surface area contributed by atoms with Crippen molar-refractivity contribution in [3.05, 3.63) is 0 Å². The molecule has 0 saturated heterocycles. The van der Waals surface area contributed by atoms with E-state index in [0.717, 1.165) is 70.6 Å². The van der Waals surface area contributed by atoms with E-state index in [1.165, 1.54) is 38.5 Å². The number of aliphatic hydroxyl groups is 1. The van der Waals surface area contributed by atoms with Gasteiger partial charge in [0.05, 0.1) is 16.2 Å². The fourth-order valence-corrected chi connectivity index (χ4v) is 4.73. The Labute approximate surface area is 204 Å². The van der Waals surface area contributed by atoms with Crippen LogP contribution >= 0.6 is 0 Å². The van der Waals surface area contributed by atoms with Crippen molar-refractivity contribution in [2.24, 2.45) is 0 Å². The summed E-state index contributed by atoms with van der Waals surface area (Å²) in [6, 6.07) is 0. The van der Waals surface area contributed by atoms with E-state index in [0.29, 0.717) is 12.8 Å². The van der Waals surface area contributed by atoms with Crippen molar-refractivity contribution in [1.82, 2.24) is 0 Å². The van der Waals surface area contributed by atoms with Crippen molar-refractivity contribution < 1.29 is 47.6 Å². The summed E-state index contributed by atoms with van der Waals surface area (Å²) in [5.41, 5.74) is 0. The van der Waals surface area contributed by atoms with Gasteiger partial charge in [-0.1, -0.05) is 110 Å². The first kappa shape index (κ1) is 32.1. The van der Waals surface area contributed by atoms with Crippen LogP contribution in [0.2, 0.25) is 0 Å². The Morgan fingerprint density at radius 3 is 1.34 bits per heavy atom. The van der Waals surface area contributed by atoms with E-state index in [9.17, 15) is 18.1 Å². The fraction of sp³-hybridized carbons (Fsp3) is 1.00. The second kappa shape index (κ2) is 22.1. The van der Waals surface area contributed by atoms with Gasteiger partial charge in [0.2, 0.25) is 0 Å². The van der Waals surface area contributed by atoms with Gasteiger partial charge < -0.3 is 9.66 Å². The summed E-state index contributed by atoms with van der Waals surface area (Å²) in [6.07, 6.45) is 19.5. The molecule has 2 atom stereocenters. The zero-order chi connectivity index (χ0) is 21.1. The monoisotopic (exact) mass is 442 g/mol. The SMILES string of the molecule is CCCCCCCC(O)CCCCCCCCCC(CCCCC)S(=O)(=O)[O-].[Na+]. The minimum Gasteiger partial charge on any atom is -0.748 e. The van der Waals surface area contributed by atoms with Crippen LogP contribution in [-0.2, 0) is 10.1 Å². The number of rotatable bonds is 21. The molecule has 0 aromatic carbocycles. The molecule has 0 aromatic heterocycles. The first-order valence-corrected chi connectivity index (χ1v) is 13.5. The van der Waals surface area contributed by atoms with Crippen molar-refractivity contribution in [2.75, 3.05) is 0 Å². The van der Waals surface area contributed by atoms with Crippen LogP contribution in [0.1, 0.15) is 136 Å². The van der Waals surface area contributed by atoms with E-state index in [4.69, 9.17) is 0 Å². The van der Waals surface area contributed by atoms with E-state index in [2.05, 4.69) is 13.8 Å². The second-order valence-electron chi connectivity index (χ2n) is 8.52. The second-order valence-corrected chi connectivity index (χ2v) is 10.2. The minimum absolute atomic E-state index is 0. The quantitative estimate of drug-likeness (QED) is 0.167. The molecule has 0 aliphatic heterocycles. The molecule has 170 valence electrons. The molecular formula is C23H47NaO4S. The van der Waals surface area contributed by atoms with E-state index in [1.807, 2.05) is 0 Å². The van der Waals surface area contributed by atoms with Gasteiger partial charge in [-0.3, -0.25) is 0 Å². The summed E-state index contributed by atoms with van der Waals surface area (Å²) < 4.78 is 34.1. The summed E-state index contributed by atoms with van der Waals surface area (Å²) in [4.78, 5) is 0. The number of aliphatic hydroxyl groups excluding tert-OH is 1. The molecule has 0 saturated carbocycles. The molecule has 0 spiro atoms. The van der Waals surface area contributed by atoms with Crippen LogP contribution in [-0.4, -0.2) is 29.4 Å². The van der Waals surface area contributed by atoms with Crippen LogP contribution in [0, 0.1) is 0 Å². The molecule has 0 amide bonds. The molecule has 0 radical (unpaired) electrons. The first-order chi connectivity index (χ1) is 13.4. The summed E-state index contributed by atoms with van der Waals surface area (Å²) >= 11 is 0. The third-order valence-electron chi connectivity index (χ3n) is 5.74. The normalized spacial score (nSPS) is 13.8. The predicted octanol–water partition coefficient (Wildman–Crippen LogP) is 3.72. The maximum absolute atomic E-state index is 11.4. The number of hydrogen-bond acceptors (Lipinski definition) is 4. The Bertz CT molecular complexity index is 429. The Hall–Kier alpha value is 0.870. The predicted molar refractivity (Wildman–Crippen MR) is 119 cm³/mol. The number of unbranched alkanes of at least 4 members (excludes halogenated alkanes) is 12. The minimum atomic E-state index is -4.14. The van der Waals surface area contributed by atoms with Gasteiger partial charge in [-0.2, -0.15) is 0 Å². The smallest absolute Gasteiger partial charge is 0.748 e. The molecule has 0 aliphatic rings. The van der Waals surface area contributed by atoms with Gasteiger partial charge in [0.25, 0.3) is 0 Å². The van der Waals surface area contributed by atoms with Gasteiger partial charge in [0, 0.05) is 5.25 Å². The summed E-state index contributed by atoms with van der Waals surface area (Å²) in [7, 11) is -4.14. The standard InChI is InChI=1S/C23H48O4S.Na/c1-3-5-7-11-15-18-22(24)19-16-12-9-8-10-13-17-21-23(28(25,26)27)20-14-6-4-2;/h22-24H,3-21H2,1-2H3,(H,25,26,27);/q;+1/p-1. The van der Waals surface area contributed by atoms with Gasteiger partial charge >= 0.3 is 29.6 Å². The topological polar surface area (TPSA) is 77.4 Å².